The highest BCUT2D eigenvalue weighted by atomic mass is 16.5. The Morgan fingerprint density at radius 3 is 1.33 bits per heavy atom. The second-order valence-electron chi connectivity index (χ2n) is 16.2. The molecule has 2 fully saturated rings. The Bertz CT molecular complexity index is 2150. The summed E-state index contributed by atoms with van der Waals surface area (Å²) >= 11 is 0. The minimum Gasteiger partial charge on any atom is -0.453 e. The number of likely N-dealkylation sites (N-methyl/N-ethyl adjacent to an activating group) is 2. The molecule has 4 atom stereocenters. The highest BCUT2D eigenvalue weighted by Gasteiger charge is 2.41. The Morgan fingerprint density at radius 2 is 0.983 bits per heavy atom. The number of imidazole rings is 2. The molecule has 3 unspecified atom stereocenters. The van der Waals surface area contributed by atoms with Gasteiger partial charge in [-0.05, 0) is 84.0 Å². The van der Waals surface area contributed by atoms with Crippen molar-refractivity contribution in [2.75, 3.05) is 41.4 Å². The standard InChI is InChI=1S/C44H54N8O6/c1-25(2)37(49(5)43(55)57-7)41(53)51-21-9-11-35(51)39-45-31-19-17-29(23-33(31)47-39)27-13-15-28(16-14-27)30-18-20-32-34(24-30)48-40(46-32)36-12-10-22-52(36)42(54)38(26(3)4)50(6)44(56)58-8/h13-20,23-26,35-38H,9-12,21-22H2,1-8H3,(H,45,47)(H,46,48)/t35?,36?,37-,38?/m0/s1. The molecule has 14 nitrogen and oxygen atoms in total. The number of nitrogens with one attached hydrogen (secondary N) is 2. The number of methoxy groups -OCH3 is 2. The van der Waals surface area contributed by atoms with E-state index in [1.54, 1.807) is 14.1 Å². The van der Waals surface area contributed by atoms with E-state index < -0.39 is 24.3 Å². The molecule has 5 aromatic rings. The Morgan fingerprint density at radius 1 is 0.621 bits per heavy atom. The molecule has 2 saturated heterocycles. The maximum Gasteiger partial charge on any atom is 0.409 e. The Balaban J connectivity index is 1.07. The Hall–Kier alpha value is -5.92. The van der Waals surface area contributed by atoms with E-state index >= 15 is 0 Å². The first kappa shape index (κ1) is 40.3. The van der Waals surface area contributed by atoms with Crippen LogP contribution in [0, 0.1) is 11.8 Å². The van der Waals surface area contributed by atoms with Gasteiger partial charge in [0.25, 0.3) is 0 Å². The highest BCUT2D eigenvalue weighted by Crippen LogP contribution is 2.36. The molecule has 4 amide bonds. The number of amides is 4. The van der Waals surface area contributed by atoms with E-state index in [9.17, 15) is 19.2 Å². The van der Waals surface area contributed by atoms with Crippen LogP contribution >= 0.6 is 0 Å². The topological polar surface area (TPSA) is 157 Å². The van der Waals surface area contributed by atoms with Crippen LogP contribution in [0.5, 0.6) is 0 Å². The largest absolute Gasteiger partial charge is 0.453 e. The fourth-order valence-electron chi connectivity index (χ4n) is 8.86. The van der Waals surface area contributed by atoms with Crippen molar-refractivity contribution in [2.45, 2.75) is 77.5 Å². The third-order valence-electron chi connectivity index (χ3n) is 11.8. The van der Waals surface area contributed by atoms with Crippen molar-refractivity contribution in [3.63, 3.8) is 0 Å². The lowest BCUT2D eigenvalue weighted by Gasteiger charge is -2.34. The van der Waals surface area contributed by atoms with Gasteiger partial charge in [0.2, 0.25) is 11.8 Å². The quantitative estimate of drug-likeness (QED) is 0.147. The van der Waals surface area contributed by atoms with Crippen LogP contribution < -0.4 is 0 Å². The molecule has 0 aliphatic carbocycles. The van der Waals surface area contributed by atoms with Gasteiger partial charge in [-0.25, -0.2) is 19.6 Å². The normalized spacial score (nSPS) is 18.0. The van der Waals surface area contributed by atoms with Crippen molar-refractivity contribution in [3.05, 3.63) is 72.3 Å². The number of carbonyl (C=O) groups excluding carboxylic acids is 4. The molecule has 2 aliphatic rings. The summed E-state index contributed by atoms with van der Waals surface area (Å²) in [6.45, 7) is 8.94. The molecule has 2 N–H and O–H groups in total. The number of fused-ring (bicyclic) bond motifs is 2. The van der Waals surface area contributed by atoms with Gasteiger partial charge in [0.1, 0.15) is 23.7 Å². The van der Waals surface area contributed by atoms with Gasteiger partial charge in [-0.2, -0.15) is 0 Å². The lowest BCUT2D eigenvalue weighted by atomic mass is 10.00. The summed E-state index contributed by atoms with van der Waals surface area (Å²) < 4.78 is 9.84. The molecule has 14 heteroatoms. The Labute approximate surface area is 338 Å². The molecule has 3 aromatic carbocycles. The van der Waals surface area contributed by atoms with Gasteiger partial charge in [0.05, 0.1) is 48.4 Å². The van der Waals surface area contributed by atoms with Crippen molar-refractivity contribution in [2.24, 2.45) is 11.8 Å². The zero-order valence-electron chi connectivity index (χ0n) is 34.6. The minimum atomic E-state index is -0.641. The second-order valence-corrected chi connectivity index (χ2v) is 16.2. The van der Waals surface area contributed by atoms with Gasteiger partial charge in [-0.3, -0.25) is 19.4 Å². The summed E-state index contributed by atoms with van der Waals surface area (Å²) in [5.74, 6) is 1.09. The number of carbonyl (C=O) groups is 4. The van der Waals surface area contributed by atoms with Gasteiger partial charge in [-0.15, -0.1) is 0 Å². The predicted octanol–water partition coefficient (Wildman–Crippen LogP) is 7.55. The van der Waals surface area contributed by atoms with E-state index in [1.165, 1.54) is 24.0 Å². The Kier molecular flexibility index (Phi) is 11.5. The van der Waals surface area contributed by atoms with Crippen LogP contribution in [-0.2, 0) is 19.1 Å². The maximum atomic E-state index is 13.9. The summed E-state index contributed by atoms with van der Waals surface area (Å²) in [5, 5.41) is 0. The SMILES string of the molecule is COC(=O)N(C)C(C(=O)N1CCCC1c1nc2cc(-c3ccc(-c4ccc5[nH]c(C6CCCN6C(=O)[C@H](C(C)C)N(C)C(=O)OC)nc5c4)cc3)ccc2[nH]1)C(C)C. The minimum absolute atomic E-state index is 0.0946. The number of nitrogens with zero attached hydrogens (tertiary/aromatic N) is 6. The number of rotatable bonds is 10. The van der Waals surface area contributed by atoms with Gasteiger partial charge in [-0.1, -0.05) is 64.1 Å². The third kappa shape index (κ3) is 7.59. The monoisotopic (exact) mass is 790 g/mol. The molecule has 4 heterocycles. The number of benzene rings is 3. The van der Waals surface area contributed by atoms with Crippen molar-refractivity contribution in [1.29, 1.82) is 0 Å². The molecule has 58 heavy (non-hydrogen) atoms. The number of likely N-dealkylation sites (tertiary alicyclic amines) is 2. The fourth-order valence-corrected chi connectivity index (χ4v) is 8.86. The maximum absolute atomic E-state index is 13.9. The van der Waals surface area contributed by atoms with E-state index in [1.807, 2.05) is 49.6 Å². The first-order valence-corrected chi connectivity index (χ1v) is 20.1. The molecular weight excluding hydrogens is 737 g/mol. The lowest BCUT2D eigenvalue weighted by molar-refractivity contribution is -0.139. The molecular formula is C44H54N8O6. The van der Waals surface area contributed by atoms with E-state index in [-0.39, 0.29) is 35.7 Å². The van der Waals surface area contributed by atoms with Crippen LogP contribution in [-0.4, -0.2) is 117 Å². The molecule has 0 saturated carbocycles. The van der Waals surface area contributed by atoms with Crippen LogP contribution in [0.1, 0.15) is 77.1 Å². The number of ether oxygens (including phenoxy) is 2. The average molecular weight is 791 g/mol. The van der Waals surface area contributed by atoms with Gasteiger partial charge in [0, 0.05) is 27.2 Å². The molecule has 0 bridgehead atoms. The third-order valence-corrected chi connectivity index (χ3v) is 11.8. The zero-order chi connectivity index (χ0) is 41.4. The van der Waals surface area contributed by atoms with E-state index in [2.05, 4.69) is 58.5 Å². The number of hydrogen-bond acceptors (Lipinski definition) is 8. The van der Waals surface area contributed by atoms with Crippen molar-refractivity contribution < 1.29 is 28.7 Å². The van der Waals surface area contributed by atoms with E-state index in [0.29, 0.717) is 13.1 Å². The summed E-state index contributed by atoms with van der Waals surface area (Å²) in [6.07, 6.45) is 2.19. The second kappa shape index (κ2) is 16.5. The first-order valence-electron chi connectivity index (χ1n) is 20.1. The van der Waals surface area contributed by atoms with Crippen molar-refractivity contribution in [1.82, 2.24) is 39.5 Å². The van der Waals surface area contributed by atoms with Crippen molar-refractivity contribution >= 4 is 46.1 Å². The predicted molar refractivity (Wildman–Crippen MR) is 222 cm³/mol. The lowest BCUT2D eigenvalue weighted by Crippen LogP contribution is -2.51. The molecule has 0 radical (unpaired) electrons. The van der Waals surface area contributed by atoms with Crippen LogP contribution in [0.15, 0.2) is 60.7 Å². The number of H-pyrrole nitrogens is 2. The molecule has 2 aromatic heterocycles. The molecule has 2 aliphatic heterocycles. The van der Waals surface area contributed by atoms with Crippen LogP contribution in [0.4, 0.5) is 9.59 Å². The number of hydrogen-bond donors (Lipinski definition) is 2. The molecule has 7 rings (SSSR count). The summed E-state index contributed by atoms with van der Waals surface area (Å²) in [5.41, 5.74) is 7.57. The molecule has 0 spiro atoms. The first-order chi connectivity index (χ1) is 27.8. The van der Waals surface area contributed by atoms with E-state index in [0.717, 1.165) is 81.7 Å². The smallest absolute Gasteiger partial charge is 0.409 e. The van der Waals surface area contributed by atoms with Gasteiger partial charge < -0.3 is 29.2 Å². The van der Waals surface area contributed by atoms with Crippen molar-refractivity contribution in [3.8, 4) is 22.3 Å². The number of aromatic amines is 2. The summed E-state index contributed by atoms with van der Waals surface area (Å²) in [4.78, 5) is 75.8. The highest BCUT2D eigenvalue weighted by molar-refractivity contribution is 5.88. The average Bonchev–Trinajstić information content (AvgIpc) is 4.05. The van der Waals surface area contributed by atoms with Gasteiger partial charge in [0.15, 0.2) is 0 Å². The van der Waals surface area contributed by atoms with Gasteiger partial charge >= 0.3 is 12.2 Å². The van der Waals surface area contributed by atoms with Crippen LogP contribution in [0.2, 0.25) is 0 Å². The zero-order valence-corrected chi connectivity index (χ0v) is 34.6. The fraction of sp³-hybridized carbons (Fsp3) is 0.455. The summed E-state index contributed by atoms with van der Waals surface area (Å²) in [6, 6.07) is 19.0. The van der Waals surface area contributed by atoms with E-state index in [4.69, 9.17) is 19.4 Å². The number of aromatic nitrogens is 4. The summed E-state index contributed by atoms with van der Waals surface area (Å²) in [7, 11) is 5.86. The van der Waals surface area contributed by atoms with Crippen LogP contribution in [0.3, 0.4) is 0 Å². The van der Waals surface area contributed by atoms with Crippen LogP contribution in [0.25, 0.3) is 44.3 Å². The molecule has 306 valence electrons.